The van der Waals surface area contributed by atoms with Crippen LogP contribution < -0.4 is 4.74 Å². The van der Waals surface area contributed by atoms with Crippen LogP contribution >= 0.6 is 0 Å². The van der Waals surface area contributed by atoms with E-state index in [4.69, 9.17) is 9.26 Å². The zero-order chi connectivity index (χ0) is 12.5. The normalized spacial score (nSPS) is 20.0. The average molecular weight is 246 g/mol. The maximum Gasteiger partial charge on any atom is 0.255 e. The molecule has 0 amide bonds. The molecule has 0 fully saturated rings. The largest absolute Gasteiger partial charge is 0.493 e. The van der Waals surface area contributed by atoms with Crippen LogP contribution in [0.25, 0.3) is 0 Å². The van der Waals surface area contributed by atoms with Gasteiger partial charge in [0.2, 0.25) is 0 Å². The molecule has 1 aromatic carbocycles. The number of rotatable bonds is 2. The van der Waals surface area contributed by atoms with Crippen LogP contribution in [-0.2, 0) is 0 Å². The molecule has 2 atom stereocenters. The molecule has 0 radical (unpaired) electrons. The lowest BCUT2D eigenvalue weighted by molar-refractivity contribution is 0.151. The summed E-state index contributed by atoms with van der Waals surface area (Å²) in [7, 11) is 0. The molecule has 5 nitrogen and oxygen atoms in total. The van der Waals surface area contributed by atoms with Gasteiger partial charge in [-0.05, 0) is 19.4 Å². The van der Waals surface area contributed by atoms with Gasteiger partial charge in [0.25, 0.3) is 5.89 Å². The first-order chi connectivity index (χ1) is 8.75. The van der Waals surface area contributed by atoms with Crippen LogP contribution in [0.4, 0.5) is 0 Å². The van der Waals surface area contributed by atoms with E-state index in [1.807, 2.05) is 24.3 Å². The maximum atomic E-state index is 9.41. The van der Waals surface area contributed by atoms with Crippen molar-refractivity contribution in [2.24, 2.45) is 0 Å². The molecule has 94 valence electrons. The van der Waals surface area contributed by atoms with Gasteiger partial charge in [-0.3, -0.25) is 0 Å². The van der Waals surface area contributed by atoms with Crippen molar-refractivity contribution in [1.82, 2.24) is 10.1 Å². The molecular formula is C13H14N2O3. The molecule has 1 unspecified atom stereocenters. The van der Waals surface area contributed by atoms with E-state index in [1.165, 1.54) is 0 Å². The summed E-state index contributed by atoms with van der Waals surface area (Å²) in [4.78, 5) is 4.25. The topological polar surface area (TPSA) is 68.4 Å². The summed E-state index contributed by atoms with van der Waals surface area (Å²) < 4.78 is 10.6. The Morgan fingerprint density at radius 1 is 1.39 bits per heavy atom. The lowest BCUT2D eigenvalue weighted by Crippen LogP contribution is -2.16. The third kappa shape index (κ3) is 1.86. The Morgan fingerprint density at radius 2 is 2.22 bits per heavy atom. The molecule has 18 heavy (non-hydrogen) atoms. The predicted octanol–water partition coefficient (Wildman–Crippen LogP) is 2.04. The van der Waals surface area contributed by atoms with Crippen molar-refractivity contribution in [3.8, 4) is 5.75 Å². The number of nitrogens with zero attached hydrogens (tertiary/aromatic N) is 2. The lowest BCUT2D eigenvalue weighted by Gasteiger charge is -2.23. The van der Waals surface area contributed by atoms with E-state index < -0.39 is 6.10 Å². The minimum Gasteiger partial charge on any atom is -0.493 e. The maximum absolute atomic E-state index is 9.41. The van der Waals surface area contributed by atoms with Gasteiger partial charge in [-0.15, -0.1) is 0 Å². The van der Waals surface area contributed by atoms with Crippen LogP contribution in [-0.4, -0.2) is 21.9 Å². The summed E-state index contributed by atoms with van der Waals surface area (Å²) in [6.07, 6.45) is 0.0804. The highest BCUT2D eigenvalue weighted by Crippen LogP contribution is 2.36. The first-order valence-electron chi connectivity index (χ1n) is 5.99. The Morgan fingerprint density at radius 3 is 3.00 bits per heavy atom. The van der Waals surface area contributed by atoms with Crippen molar-refractivity contribution in [3.63, 3.8) is 0 Å². The Labute approximate surface area is 104 Å². The molecule has 5 heteroatoms. The first-order valence-corrected chi connectivity index (χ1v) is 5.99. The van der Waals surface area contributed by atoms with Crippen LogP contribution in [0.2, 0.25) is 0 Å². The van der Waals surface area contributed by atoms with Crippen molar-refractivity contribution in [1.29, 1.82) is 0 Å². The van der Waals surface area contributed by atoms with Crippen molar-refractivity contribution in [2.75, 3.05) is 6.61 Å². The van der Waals surface area contributed by atoms with Crippen LogP contribution in [0.1, 0.15) is 42.6 Å². The highest BCUT2D eigenvalue weighted by atomic mass is 16.5. The zero-order valence-electron chi connectivity index (χ0n) is 10.0. The molecule has 0 saturated heterocycles. The van der Waals surface area contributed by atoms with E-state index in [1.54, 1.807) is 6.92 Å². The zero-order valence-corrected chi connectivity index (χ0v) is 10.0. The molecule has 1 aliphatic rings. The highest BCUT2D eigenvalue weighted by Gasteiger charge is 2.27. The first kappa shape index (κ1) is 11.2. The summed E-state index contributed by atoms with van der Waals surface area (Å²) >= 11 is 0. The Kier molecular flexibility index (Phi) is 2.76. The number of ether oxygens (including phenoxy) is 1. The number of hydrogen-bond donors (Lipinski definition) is 1. The summed E-state index contributed by atoms with van der Waals surface area (Å²) in [6, 6.07) is 7.86. The minimum absolute atomic E-state index is 0.0752. The number of aliphatic hydroxyl groups is 1. The molecule has 2 heterocycles. The van der Waals surface area contributed by atoms with Gasteiger partial charge in [0, 0.05) is 5.56 Å². The number of hydrogen-bond acceptors (Lipinski definition) is 5. The third-order valence-corrected chi connectivity index (χ3v) is 3.09. The van der Waals surface area contributed by atoms with E-state index in [0.29, 0.717) is 12.4 Å². The second-order valence-electron chi connectivity index (χ2n) is 4.39. The van der Waals surface area contributed by atoms with E-state index in [-0.39, 0.29) is 11.8 Å². The molecule has 1 N–H and O–H groups in total. The van der Waals surface area contributed by atoms with Crippen molar-refractivity contribution < 1.29 is 14.4 Å². The molecule has 0 spiro atoms. The lowest BCUT2D eigenvalue weighted by atomic mass is 9.92. The van der Waals surface area contributed by atoms with Crippen LogP contribution in [0.3, 0.4) is 0 Å². The molecule has 0 aliphatic carbocycles. The Balaban J connectivity index is 1.97. The minimum atomic E-state index is -0.735. The van der Waals surface area contributed by atoms with Gasteiger partial charge in [-0.2, -0.15) is 4.98 Å². The SMILES string of the molecule is C[C@H](O)c1nc(C2CCOc3ccccc32)no1. The number of benzene rings is 1. The van der Waals surface area contributed by atoms with E-state index in [9.17, 15) is 5.11 Å². The fourth-order valence-corrected chi connectivity index (χ4v) is 2.17. The van der Waals surface area contributed by atoms with Gasteiger partial charge in [0.05, 0.1) is 12.5 Å². The summed E-state index contributed by atoms with van der Waals surface area (Å²) in [5, 5.41) is 13.4. The van der Waals surface area contributed by atoms with Crippen molar-refractivity contribution in [2.45, 2.75) is 25.4 Å². The average Bonchev–Trinajstić information content (AvgIpc) is 2.87. The van der Waals surface area contributed by atoms with Crippen molar-refractivity contribution >= 4 is 0 Å². The molecule has 2 aromatic rings. The van der Waals surface area contributed by atoms with Crippen LogP contribution in [0, 0.1) is 0 Å². The fraction of sp³-hybridized carbons (Fsp3) is 0.385. The number of para-hydroxylation sites is 1. The fourth-order valence-electron chi connectivity index (χ4n) is 2.17. The highest BCUT2D eigenvalue weighted by molar-refractivity contribution is 5.40. The second-order valence-corrected chi connectivity index (χ2v) is 4.39. The monoisotopic (exact) mass is 246 g/mol. The van der Waals surface area contributed by atoms with Gasteiger partial charge in [0.1, 0.15) is 11.9 Å². The second kappa shape index (κ2) is 4.42. The quantitative estimate of drug-likeness (QED) is 0.878. The van der Waals surface area contributed by atoms with Gasteiger partial charge < -0.3 is 14.4 Å². The van der Waals surface area contributed by atoms with Gasteiger partial charge in [-0.1, -0.05) is 23.4 Å². The van der Waals surface area contributed by atoms with Gasteiger partial charge >= 0.3 is 0 Å². The molecule has 0 bridgehead atoms. The van der Waals surface area contributed by atoms with E-state index in [0.717, 1.165) is 17.7 Å². The smallest absolute Gasteiger partial charge is 0.255 e. The number of aliphatic hydroxyl groups excluding tert-OH is 1. The van der Waals surface area contributed by atoms with E-state index >= 15 is 0 Å². The van der Waals surface area contributed by atoms with Crippen molar-refractivity contribution in [3.05, 3.63) is 41.5 Å². The van der Waals surface area contributed by atoms with Gasteiger partial charge in [0.15, 0.2) is 5.82 Å². The summed E-state index contributed by atoms with van der Waals surface area (Å²) in [6.45, 7) is 2.25. The Hall–Kier alpha value is -1.88. The summed E-state index contributed by atoms with van der Waals surface area (Å²) in [5.74, 6) is 1.82. The number of aromatic nitrogens is 2. The standard InChI is InChI=1S/C13H14N2O3/c1-8(16)13-14-12(15-18-13)10-6-7-17-11-5-3-2-4-9(10)11/h2-5,8,10,16H,6-7H2,1H3/t8-,10?/m0/s1. The van der Waals surface area contributed by atoms with Crippen LogP contribution in [0.5, 0.6) is 5.75 Å². The molecule has 1 aliphatic heterocycles. The Bertz CT molecular complexity index is 551. The third-order valence-electron chi connectivity index (χ3n) is 3.09. The predicted molar refractivity (Wildman–Crippen MR) is 63.3 cm³/mol. The van der Waals surface area contributed by atoms with E-state index in [2.05, 4.69) is 10.1 Å². The number of fused-ring (bicyclic) bond motifs is 1. The molecule has 0 saturated carbocycles. The molecule has 1 aromatic heterocycles. The van der Waals surface area contributed by atoms with Gasteiger partial charge in [-0.25, -0.2) is 0 Å². The molecule has 3 rings (SSSR count). The van der Waals surface area contributed by atoms with Crippen LogP contribution in [0.15, 0.2) is 28.8 Å². The summed E-state index contributed by atoms with van der Waals surface area (Å²) in [5.41, 5.74) is 1.07. The molecular weight excluding hydrogens is 232 g/mol.